The van der Waals surface area contributed by atoms with E-state index in [1.165, 1.54) is 25.7 Å². The first kappa shape index (κ1) is 23.3. The molecule has 2 aromatic carbocycles. The van der Waals surface area contributed by atoms with Gasteiger partial charge in [-0.2, -0.15) is 0 Å². The lowest BCUT2D eigenvalue weighted by Gasteiger charge is -2.27. The summed E-state index contributed by atoms with van der Waals surface area (Å²) in [6.07, 6.45) is 9.14. The van der Waals surface area contributed by atoms with E-state index >= 15 is 0 Å². The molecule has 0 bridgehead atoms. The summed E-state index contributed by atoms with van der Waals surface area (Å²) in [5, 5.41) is 0.576. The minimum absolute atomic E-state index is 0.0303. The molecular weight excluding hydrogens is 412 g/mol. The second-order valence-electron chi connectivity index (χ2n) is 8.45. The molecular formula is C26H31ClO4. The maximum Gasteiger partial charge on any atom is 0.343 e. The van der Waals surface area contributed by atoms with Crippen molar-refractivity contribution in [3.05, 3.63) is 58.6 Å². The normalized spacial score (nSPS) is 18.4. The lowest BCUT2D eigenvalue weighted by Crippen LogP contribution is -2.25. The number of esters is 2. The number of carbonyl (C=O) groups is 2. The Bertz CT molecular complexity index is 883. The first-order valence-corrected chi connectivity index (χ1v) is 11.6. The number of benzene rings is 2. The van der Waals surface area contributed by atoms with Crippen molar-refractivity contribution in [3.63, 3.8) is 0 Å². The molecule has 0 aliphatic heterocycles. The molecule has 0 amide bonds. The van der Waals surface area contributed by atoms with E-state index in [2.05, 4.69) is 6.92 Å². The average molecular weight is 443 g/mol. The Kier molecular flexibility index (Phi) is 8.53. The number of rotatable bonds is 8. The van der Waals surface area contributed by atoms with Crippen LogP contribution in [-0.4, -0.2) is 11.9 Å². The Morgan fingerprint density at radius 3 is 2.26 bits per heavy atom. The molecule has 0 atom stereocenters. The van der Waals surface area contributed by atoms with Gasteiger partial charge in [0.2, 0.25) is 0 Å². The van der Waals surface area contributed by atoms with Crippen LogP contribution < -0.4 is 9.47 Å². The van der Waals surface area contributed by atoms with Crippen LogP contribution in [0.15, 0.2) is 42.5 Å². The van der Waals surface area contributed by atoms with E-state index in [1.807, 2.05) is 0 Å². The summed E-state index contributed by atoms with van der Waals surface area (Å²) in [4.78, 5) is 25.1. The fourth-order valence-electron chi connectivity index (χ4n) is 4.16. The van der Waals surface area contributed by atoms with Gasteiger partial charge in [-0.1, -0.05) is 44.2 Å². The quantitative estimate of drug-likeness (QED) is 0.247. The molecule has 0 heterocycles. The second-order valence-corrected chi connectivity index (χ2v) is 8.89. The average Bonchev–Trinajstić information content (AvgIpc) is 2.76. The molecule has 1 saturated carbocycles. The number of ether oxygens (including phenoxy) is 2. The van der Waals surface area contributed by atoms with Crippen LogP contribution in [0, 0.1) is 18.8 Å². The summed E-state index contributed by atoms with van der Waals surface area (Å²) in [6.45, 7) is 4.03. The molecule has 31 heavy (non-hydrogen) atoms. The van der Waals surface area contributed by atoms with Crippen LogP contribution in [0.25, 0.3) is 0 Å². The fourth-order valence-corrected chi connectivity index (χ4v) is 4.29. The van der Waals surface area contributed by atoms with Crippen molar-refractivity contribution in [1.29, 1.82) is 0 Å². The molecule has 0 N–H and O–H groups in total. The Balaban J connectivity index is 1.52. The van der Waals surface area contributed by atoms with Crippen molar-refractivity contribution in [2.75, 3.05) is 0 Å². The van der Waals surface area contributed by atoms with Gasteiger partial charge < -0.3 is 9.47 Å². The van der Waals surface area contributed by atoms with Crippen LogP contribution in [0.2, 0.25) is 5.02 Å². The van der Waals surface area contributed by atoms with E-state index < -0.39 is 5.97 Å². The molecule has 1 fully saturated rings. The molecule has 5 heteroatoms. The Hall–Kier alpha value is -2.33. The van der Waals surface area contributed by atoms with Gasteiger partial charge in [-0.15, -0.1) is 0 Å². The van der Waals surface area contributed by atoms with Gasteiger partial charge in [0.1, 0.15) is 11.5 Å². The summed E-state index contributed by atoms with van der Waals surface area (Å²) in [5.74, 6) is 0.994. The van der Waals surface area contributed by atoms with E-state index in [-0.39, 0.29) is 11.9 Å². The van der Waals surface area contributed by atoms with E-state index in [9.17, 15) is 9.59 Å². The van der Waals surface area contributed by atoms with Crippen LogP contribution >= 0.6 is 11.6 Å². The third kappa shape index (κ3) is 6.83. The summed E-state index contributed by atoms with van der Waals surface area (Å²) in [7, 11) is 0. The highest BCUT2D eigenvalue weighted by Gasteiger charge is 2.27. The van der Waals surface area contributed by atoms with Crippen molar-refractivity contribution in [2.45, 2.75) is 65.2 Å². The maximum atomic E-state index is 12.6. The van der Waals surface area contributed by atoms with E-state index in [0.29, 0.717) is 27.6 Å². The first-order valence-electron chi connectivity index (χ1n) is 11.3. The highest BCUT2D eigenvalue weighted by Crippen LogP contribution is 2.33. The van der Waals surface area contributed by atoms with Gasteiger partial charge in [0.05, 0.1) is 11.5 Å². The number of hydrogen-bond donors (Lipinski definition) is 0. The van der Waals surface area contributed by atoms with Crippen LogP contribution in [-0.2, 0) is 4.79 Å². The predicted octanol–water partition coefficient (Wildman–Crippen LogP) is 7.16. The van der Waals surface area contributed by atoms with Gasteiger partial charge in [-0.05, 0) is 86.6 Å². The van der Waals surface area contributed by atoms with Crippen LogP contribution in [0.4, 0.5) is 0 Å². The number of aryl methyl sites for hydroxylation is 1. The van der Waals surface area contributed by atoms with E-state index in [1.54, 1.807) is 49.4 Å². The van der Waals surface area contributed by atoms with Gasteiger partial charge in [0, 0.05) is 5.02 Å². The monoisotopic (exact) mass is 442 g/mol. The molecule has 0 aromatic heterocycles. The minimum Gasteiger partial charge on any atom is -0.426 e. The van der Waals surface area contributed by atoms with Crippen molar-refractivity contribution >= 4 is 23.5 Å². The molecule has 2 aromatic rings. The smallest absolute Gasteiger partial charge is 0.343 e. The molecule has 4 nitrogen and oxygen atoms in total. The van der Waals surface area contributed by atoms with Crippen LogP contribution in [0.3, 0.4) is 0 Å². The summed E-state index contributed by atoms with van der Waals surface area (Å²) in [6, 6.07) is 11.6. The van der Waals surface area contributed by atoms with Crippen molar-refractivity contribution in [3.8, 4) is 11.5 Å². The molecule has 0 radical (unpaired) electrons. The van der Waals surface area contributed by atoms with Gasteiger partial charge in [0.15, 0.2) is 0 Å². The molecule has 166 valence electrons. The first-order chi connectivity index (χ1) is 15.0. The van der Waals surface area contributed by atoms with E-state index in [4.69, 9.17) is 21.1 Å². The Morgan fingerprint density at radius 2 is 1.61 bits per heavy atom. The third-order valence-electron chi connectivity index (χ3n) is 6.06. The van der Waals surface area contributed by atoms with Crippen LogP contribution in [0.5, 0.6) is 11.5 Å². The number of hydrogen-bond acceptors (Lipinski definition) is 4. The molecule has 1 aliphatic carbocycles. The van der Waals surface area contributed by atoms with Gasteiger partial charge in [-0.3, -0.25) is 4.79 Å². The topological polar surface area (TPSA) is 52.6 Å². The lowest BCUT2D eigenvalue weighted by molar-refractivity contribution is -0.140. The zero-order chi connectivity index (χ0) is 22.2. The third-order valence-corrected chi connectivity index (χ3v) is 6.31. The fraction of sp³-hybridized carbons (Fsp3) is 0.462. The molecule has 1 aliphatic rings. The molecule has 0 saturated heterocycles. The molecule has 0 spiro atoms. The maximum absolute atomic E-state index is 12.6. The largest absolute Gasteiger partial charge is 0.426 e. The van der Waals surface area contributed by atoms with Crippen molar-refractivity contribution in [2.24, 2.45) is 11.8 Å². The van der Waals surface area contributed by atoms with Gasteiger partial charge in [-0.25, -0.2) is 4.79 Å². The number of unbranched alkanes of at least 4 members (excludes halogenated alkanes) is 2. The minimum atomic E-state index is -0.459. The van der Waals surface area contributed by atoms with E-state index in [0.717, 1.165) is 31.6 Å². The zero-order valence-electron chi connectivity index (χ0n) is 18.4. The summed E-state index contributed by atoms with van der Waals surface area (Å²) < 4.78 is 11.0. The second kappa shape index (κ2) is 11.3. The molecule has 3 rings (SSSR count). The van der Waals surface area contributed by atoms with Crippen LogP contribution in [0.1, 0.15) is 74.2 Å². The SMILES string of the molecule is CCCCCC1CCC(C(=O)Oc2ccc(C(=O)Oc3ccc(Cl)cc3)c(C)c2)CC1. The predicted molar refractivity (Wildman–Crippen MR) is 123 cm³/mol. The van der Waals surface area contributed by atoms with Gasteiger partial charge in [0.25, 0.3) is 0 Å². The highest BCUT2D eigenvalue weighted by atomic mass is 35.5. The summed E-state index contributed by atoms with van der Waals surface area (Å²) >= 11 is 5.86. The standard InChI is InChI=1S/C26H31ClO4/c1-3-4-5-6-19-7-9-20(10-8-19)25(28)31-23-15-16-24(18(2)17-23)26(29)30-22-13-11-21(27)12-14-22/h11-17,19-20H,3-10H2,1-2H3. The summed E-state index contributed by atoms with van der Waals surface area (Å²) in [5.41, 5.74) is 1.13. The van der Waals surface area contributed by atoms with Crippen molar-refractivity contribution in [1.82, 2.24) is 0 Å². The van der Waals surface area contributed by atoms with Gasteiger partial charge >= 0.3 is 11.9 Å². The zero-order valence-corrected chi connectivity index (χ0v) is 19.1. The number of carbonyl (C=O) groups excluding carboxylic acids is 2. The Morgan fingerprint density at radius 1 is 0.935 bits per heavy atom. The lowest BCUT2D eigenvalue weighted by atomic mass is 9.80. The highest BCUT2D eigenvalue weighted by molar-refractivity contribution is 6.30. The van der Waals surface area contributed by atoms with Crippen molar-refractivity contribution < 1.29 is 19.1 Å². The molecule has 0 unspecified atom stereocenters. The number of halogens is 1. The Labute approximate surface area is 189 Å².